The summed E-state index contributed by atoms with van der Waals surface area (Å²) >= 11 is 0. The lowest BCUT2D eigenvalue weighted by atomic mass is 9.99. The van der Waals surface area contributed by atoms with Crippen molar-refractivity contribution < 1.29 is 33.6 Å². The number of carbonyl (C=O) groups excluding carboxylic acids is 7. The molecule has 1 fully saturated rings. The van der Waals surface area contributed by atoms with Gasteiger partial charge in [0.25, 0.3) is 0 Å². The quantitative estimate of drug-likeness (QED) is 0.183. The number of benzene rings is 2. The van der Waals surface area contributed by atoms with Crippen LogP contribution in [0.25, 0.3) is 10.9 Å². The minimum atomic E-state index is -1.15. The summed E-state index contributed by atoms with van der Waals surface area (Å²) in [5, 5.41) is 20.0. The molecule has 0 unspecified atom stereocenters. The number of hydrogen-bond acceptors (Lipinski definition) is 7. The van der Waals surface area contributed by atoms with E-state index in [1.54, 1.807) is 58.2 Å². The Morgan fingerprint density at radius 1 is 0.582 bits per heavy atom. The van der Waals surface area contributed by atoms with Gasteiger partial charge in [0.1, 0.15) is 36.3 Å². The van der Waals surface area contributed by atoms with Gasteiger partial charge in [-0.2, -0.15) is 0 Å². The predicted octanol–water partition coefficient (Wildman–Crippen LogP) is 1.12. The van der Waals surface area contributed by atoms with Crippen molar-refractivity contribution >= 4 is 52.3 Å². The monoisotopic (exact) mass is 758 g/mol. The Morgan fingerprint density at radius 3 is 1.80 bits per heavy atom. The smallest absolute Gasteiger partial charge is 0.243 e. The number of aromatic amines is 1. The van der Waals surface area contributed by atoms with Crippen molar-refractivity contribution in [2.45, 2.75) is 103 Å². The van der Waals surface area contributed by atoms with E-state index in [1.165, 1.54) is 13.8 Å². The molecule has 0 bridgehead atoms. The minimum absolute atomic E-state index is 0.0121. The molecule has 0 spiro atoms. The molecule has 55 heavy (non-hydrogen) atoms. The van der Waals surface area contributed by atoms with Gasteiger partial charge in [-0.3, -0.25) is 33.6 Å². The lowest BCUT2D eigenvalue weighted by molar-refractivity contribution is -0.136. The van der Waals surface area contributed by atoms with Crippen LogP contribution in [-0.2, 0) is 46.4 Å². The summed E-state index contributed by atoms with van der Waals surface area (Å²) in [6.45, 7) is 10.0. The van der Waals surface area contributed by atoms with Gasteiger partial charge in [-0.15, -0.1) is 0 Å². The normalized spacial score (nSPS) is 24.6. The fraction of sp³-hybridized carbons (Fsp3) is 0.475. The van der Waals surface area contributed by atoms with Crippen molar-refractivity contribution in [1.82, 2.24) is 42.2 Å². The summed E-state index contributed by atoms with van der Waals surface area (Å²) in [5.41, 5.74) is 2.39. The number of fused-ring (bicyclic) bond motifs is 1. The van der Waals surface area contributed by atoms with Crippen molar-refractivity contribution in [1.29, 1.82) is 0 Å². The molecule has 4 rings (SSSR count). The van der Waals surface area contributed by atoms with E-state index in [0.717, 1.165) is 22.0 Å². The molecular formula is C40H54N8O7. The summed E-state index contributed by atoms with van der Waals surface area (Å²) in [5.74, 6) is -4.87. The van der Waals surface area contributed by atoms with Crippen molar-refractivity contribution in [3.8, 4) is 0 Å². The van der Waals surface area contributed by atoms with E-state index in [9.17, 15) is 33.6 Å². The van der Waals surface area contributed by atoms with Crippen LogP contribution in [0.1, 0.15) is 65.5 Å². The maximum absolute atomic E-state index is 13.9. The fourth-order valence-corrected chi connectivity index (χ4v) is 6.28. The van der Waals surface area contributed by atoms with E-state index in [-0.39, 0.29) is 32.2 Å². The molecule has 3 aromatic rings. The van der Waals surface area contributed by atoms with Gasteiger partial charge in [0, 0.05) is 42.9 Å². The van der Waals surface area contributed by atoms with Crippen LogP contribution in [-0.4, -0.2) is 89.1 Å². The maximum atomic E-state index is 13.9. The molecule has 1 aliphatic heterocycles. The van der Waals surface area contributed by atoms with E-state index >= 15 is 0 Å². The number of para-hydroxylation sites is 1. The van der Waals surface area contributed by atoms with Crippen LogP contribution in [0.2, 0.25) is 0 Å². The molecule has 8 N–H and O–H groups in total. The second-order valence-corrected chi connectivity index (χ2v) is 14.8. The molecule has 6 atom stereocenters. The Bertz CT molecular complexity index is 1840. The number of nitrogens with one attached hydrogen (secondary N) is 8. The van der Waals surface area contributed by atoms with Crippen LogP contribution >= 0.6 is 0 Å². The maximum Gasteiger partial charge on any atom is 0.243 e. The predicted molar refractivity (Wildman–Crippen MR) is 207 cm³/mol. The third-order valence-electron chi connectivity index (χ3n) is 9.54. The average Bonchev–Trinajstić information content (AvgIpc) is 3.55. The van der Waals surface area contributed by atoms with Gasteiger partial charge < -0.3 is 42.2 Å². The highest BCUT2D eigenvalue weighted by Crippen LogP contribution is 2.19. The number of hydrogen-bond donors (Lipinski definition) is 8. The summed E-state index contributed by atoms with van der Waals surface area (Å²) in [4.78, 5) is 97.6. The molecule has 0 radical (unpaired) electrons. The third-order valence-corrected chi connectivity index (χ3v) is 9.54. The molecule has 2 heterocycles. The zero-order valence-electron chi connectivity index (χ0n) is 32.3. The number of aromatic nitrogens is 1. The zero-order chi connectivity index (χ0) is 40.2. The van der Waals surface area contributed by atoms with E-state index in [1.807, 2.05) is 30.3 Å². The third kappa shape index (κ3) is 11.9. The molecule has 296 valence electrons. The second-order valence-electron chi connectivity index (χ2n) is 14.8. The minimum Gasteiger partial charge on any atom is -0.361 e. The van der Waals surface area contributed by atoms with Crippen LogP contribution in [0.5, 0.6) is 0 Å². The zero-order valence-corrected chi connectivity index (χ0v) is 32.3. The van der Waals surface area contributed by atoms with Crippen LogP contribution in [0.15, 0.2) is 60.8 Å². The molecule has 15 heteroatoms. The highest BCUT2D eigenvalue weighted by atomic mass is 16.2. The van der Waals surface area contributed by atoms with Gasteiger partial charge in [0.2, 0.25) is 41.4 Å². The average molecular weight is 759 g/mol. The van der Waals surface area contributed by atoms with Crippen molar-refractivity contribution in [2.75, 3.05) is 6.54 Å². The Morgan fingerprint density at radius 2 is 1.13 bits per heavy atom. The van der Waals surface area contributed by atoms with Gasteiger partial charge in [-0.05, 0) is 49.3 Å². The van der Waals surface area contributed by atoms with Crippen molar-refractivity contribution in [2.24, 2.45) is 11.8 Å². The molecule has 1 aliphatic rings. The summed E-state index contributed by atoms with van der Waals surface area (Å²) in [6.07, 6.45) is 2.21. The molecule has 1 saturated heterocycles. The first-order valence-electron chi connectivity index (χ1n) is 18.8. The van der Waals surface area contributed by atoms with Crippen LogP contribution in [0.4, 0.5) is 0 Å². The van der Waals surface area contributed by atoms with E-state index < -0.39 is 89.4 Å². The fourth-order valence-electron chi connectivity index (χ4n) is 6.28. The Hall–Kier alpha value is -5.73. The highest BCUT2D eigenvalue weighted by molar-refractivity contribution is 5.97. The van der Waals surface area contributed by atoms with Gasteiger partial charge in [0.05, 0.1) is 0 Å². The van der Waals surface area contributed by atoms with Gasteiger partial charge in [-0.1, -0.05) is 76.2 Å². The molecular weight excluding hydrogens is 704 g/mol. The Kier molecular flexibility index (Phi) is 14.9. The van der Waals surface area contributed by atoms with Crippen molar-refractivity contribution in [3.63, 3.8) is 0 Å². The standard InChI is InChI=1S/C40H54N8O7/c1-22(2)33-39(54)44-25(6)35(50)45-31(20-27-21-42-29-16-11-10-15-28(27)29)37(52)41-18-12-17-32(49)43-24(5)36(51)47-34(23(3)4)40(55)46-30(38(53)48-33)19-26-13-8-7-9-14-26/h7-11,13-16,21-25,30-31,33-34,42H,12,17-20H2,1-6H3,(H,41,52)(H,43,49)(H,44,54)(H,45,50)(H,46,55)(H,47,51)(H,48,53)/t24-,25-,30+,31-,33-,34-/m0/s1. The van der Waals surface area contributed by atoms with Gasteiger partial charge in [0.15, 0.2) is 0 Å². The van der Waals surface area contributed by atoms with Crippen LogP contribution in [0.3, 0.4) is 0 Å². The second kappa shape index (κ2) is 19.6. The molecule has 0 aliphatic carbocycles. The molecule has 7 amide bonds. The first-order valence-corrected chi connectivity index (χ1v) is 18.8. The molecule has 15 nitrogen and oxygen atoms in total. The van der Waals surface area contributed by atoms with Gasteiger partial charge >= 0.3 is 0 Å². The van der Waals surface area contributed by atoms with E-state index in [0.29, 0.717) is 0 Å². The first-order chi connectivity index (χ1) is 26.1. The molecule has 2 aromatic carbocycles. The van der Waals surface area contributed by atoms with E-state index in [2.05, 4.69) is 42.2 Å². The topological polar surface area (TPSA) is 219 Å². The lowest BCUT2D eigenvalue weighted by Crippen LogP contribution is -2.61. The highest BCUT2D eigenvalue weighted by Gasteiger charge is 2.34. The molecule has 0 saturated carbocycles. The summed E-state index contributed by atoms with van der Waals surface area (Å²) in [6, 6.07) is 10.1. The Labute approximate surface area is 321 Å². The number of amides is 7. The van der Waals surface area contributed by atoms with Crippen LogP contribution < -0.4 is 37.2 Å². The summed E-state index contributed by atoms with van der Waals surface area (Å²) < 4.78 is 0. The van der Waals surface area contributed by atoms with Crippen LogP contribution in [0, 0.1) is 11.8 Å². The first kappa shape index (κ1) is 42.0. The van der Waals surface area contributed by atoms with E-state index in [4.69, 9.17) is 0 Å². The Balaban J connectivity index is 1.63. The number of H-pyrrole nitrogens is 1. The molecule has 1 aromatic heterocycles. The van der Waals surface area contributed by atoms with Crippen molar-refractivity contribution in [3.05, 3.63) is 71.9 Å². The SMILES string of the molecule is CC(C)[C@@H]1NC(=O)[C@H](C)NC(=O)CCCNC(=O)[C@H](Cc2c[nH]c3ccccc23)NC(=O)[C@H](C)NC(=O)[C@H](C(C)C)NC(=O)[C@@H](Cc2ccccc2)NC1=O. The lowest BCUT2D eigenvalue weighted by Gasteiger charge is -2.29. The van der Waals surface area contributed by atoms with Gasteiger partial charge in [-0.25, -0.2) is 0 Å². The number of carbonyl (C=O) groups is 7. The number of rotatable bonds is 6. The summed E-state index contributed by atoms with van der Waals surface area (Å²) in [7, 11) is 0. The largest absolute Gasteiger partial charge is 0.361 e.